The van der Waals surface area contributed by atoms with Crippen molar-refractivity contribution in [3.8, 4) is 0 Å². The van der Waals surface area contributed by atoms with Gasteiger partial charge in [0.25, 0.3) is 0 Å². The summed E-state index contributed by atoms with van der Waals surface area (Å²) in [7, 11) is 0. The van der Waals surface area contributed by atoms with Crippen molar-refractivity contribution >= 4 is 11.6 Å². The van der Waals surface area contributed by atoms with Crippen molar-refractivity contribution in [1.29, 1.82) is 0 Å². The maximum atomic E-state index is 6.36. The van der Waals surface area contributed by atoms with Crippen LogP contribution in [0, 0.1) is 5.92 Å². The molecule has 2 heterocycles. The van der Waals surface area contributed by atoms with Gasteiger partial charge >= 0.3 is 0 Å². The molecule has 20 heavy (non-hydrogen) atoms. The SMILES string of the molecule is CC(C)CCCc1cc(C23CNC(CO2)C3)ccc1Cl. The van der Waals surface area contributed by atoms with Crippen molar-refractivity contribution in [2.45, 2.75) is 51.2 Å². The second kappa shape index (κ2) is 5.67. The topological polar surface area (TPSA) is 21.3 Å². The van der Waals surface area contributed by atoms with Crippen LogP contribution in [0.25, 0.3) is 0 Å². The maximum Gasteiger partial charge on any atom is 0.107 e. The molecule has 1 N–H and O–H groups in total. The van der Waals surface area contributed by atoms with Gasteiger partial charge in [0, 0.05) is 17.6 Å². The fourth-order valence-electron chi connectivity index (χ4n) is 3.39. The van der Waals surface area contributed by atoms with E-state index in [4.69, 9.17) is 16.3 Å². The lowest BCUT2D eigenvalue weighted by atomic mass is 9.90. The molecule has 2 fully saturated rings. The summed E-state index contributed by atoms with van der Waals surface area (Å²) in [5, 5.41) is 4.43. The highest BCUT2D eigenvalue weighted by atomic mass is 35.5. The standard InChI is InChI=1S/C17H24ClNO/c1-12(2)4-3-5-13-8-14(6-7-16(13)18)17-9-15(10-20-17)19-11-17/h6-8,12,15,19H,3-5,9-11H2,1-2H3. The Hall–Kier alpha value is -0.570. The molecular weight excluding hydrogens is 270 g/mol. The lowest BCUT2D eigenvalue weighted by molar-refractivity contribution is -0.00963. The molecule has 2 unspecified atom stereocenters. The Kier molecular flexibility index (Phi) is 4.07. The second-order valence-corrected chi connectivity index (χ2v) is 7.09. The zero-order valence-electron chi connectivity index (χ0n) is 12.4. The number of rotatable bonds is 5. The van der Waals surface area contributed by atoms with E-state index in [1.807, 2.05) is 6.07 Å². The van der Waals surface area contributed by atoms with E-state index >= 15 is 0 Å². The first kappa shape index (κ1) is 14.4. The summed E-state index contributed by atoms with van der Waals surface area (Å²) in [6.07, 6.45) is 4.62. The summed E-state index contributed by atoms with van der Waals surface area (Å²) in [5.41, 5.74) is 2.48. The number of morpholine rings is 1. The van der Waals surface area contributed by atoms with Gasteiger partial charge in [0.15, 0.2) is 0 Å². The van der Waals surface area contributed by atoms with E-state index in [9.17, 15) is 0 Å². The van der Waals surface area contributed by atoms with Gasteiger partial charge in [0.2, 0.25) is 0 Å². The quantitative estimate of drug-likeness (QED) is 0.889. The maximum absolute atomic E-state index is 6.36. The minimum absolute atomic E-state index is 0.0952. The number of nitrogens with one attached hydrogen (secondary N) is 1. The number of ether oxygens (including phenoxy) is 1. The average Bonchev–Trinajstić information content (AvgIpc) is 3.02. The number of benzene rings is 1. The molecular formula is C17H24ClNO. The van der Waals surface area contributed by atoms with Gasteiger partial charge in [-0.05, 0) is 42.4 Å². The molecule has 0 aliphatic carbocycles. The van der Waals surface area contributed by atoms with Crippen LogP contribution < -0.4 is 5.32 Å². The molecule has 2 saturated heterocycles. The van der Waals surface area contributed by atoms with Gasteiger partial charge in [-0.15, -0.1) is 0 Å². The van der Waals surface area contributed by atoms with Crippen molar-refractivity contribution < 1.29 is 4.74 Å². The molecule has 2 aliphatic heterocycles. The van der Waals surface area contributed by atoms with Crippen LogP contribution in [0.3, 0.4) is 0 Å². The molecule has 3 heteroatoms. The smallest absolute Gasteiger partial charge is 0.107 e. The van der Waals surface area contributed by atoms with Gasteiger partial charge in [-0.1, -0.05) is 44.0 Å². The van der Waals surface area contributed by atoms with Crippen LogP contribution in [0.15, 0.2) is 18.2 Å². The molecule has 1 aromatic rings. The lowest BCUT2D eigenvalue weighted by Gasteiger charge is -2.28. The third-order valence-corrected chi connectivity index (χ3v) is 4.98. The zero-order valence-corrected chi connectivity index (χ0v) is 13.2. The highest BCUT2D eigenvalue weighted by Gasteiger charge is 2.47. The summed E-state index contributed by atoms with van der Waals surface area (Å²) in [6, 6.07) is 7.00. The Morgan fingerprint density at radius 3 is 2.90 bits per heavy atom. The lowest BCUT2D eigenvalue weighted by Crippen LogP contribution is -2.37. The van der Waals surface area contributed by atoms with Gasteiger partial charge in [-0.2, -0.15) is 0 Å². The van der Waals surface area contributed by atoms with E-state index in [-0.39, 0.29) is 5.60 Å². The number of aryl methyl sites for hydroxylation is 1. The van der Waals surface area contributed by atoms with Crippen LogP contribution in [0.5, 0.6) is 0 Å². The average molecular weight is 294 g/mol. The summed E-state index contributed by atoms with van der Waals surface area (Å²) in [6.45, 7) is 6.32. The molecule has 1 aromatic carbocycles. The second-order valence-electron chi connectivity index (χ2n) is 6.68. The van der Waals surface area contributed by atoms with Gasteiger partial charge in [-0.3, -0.25) is 0 Å². The molecule has 3 rings (SSSR count). The Balaban J connectivity index is 1.76. The van der Waals surface area contributed by atoms with Crippen molar-refractivity contribution in [1.82, 2.24) is 5.32 Å². The summed E-state index contributed by atoms with van der Waals surface area (Å²) in [5.74, 6) is 0.758. The van der Waals surface area contributed by atoms with E-state index in [2.05, 4.69) is 31.3 Å². The van der Waals surface area contributed by atoms with Crippen LogP contribution in [0.4, 0.5) is 0 Å². The molecule has 2 aliphatic rings. The van der Waals surface area contributed by atoms with Crippen molar-refractivity contribution in [3.63, 3.8) is 0 Å². The fraction of sp³-hybridized carbons (Fsp3) is 0.647. The number of hydrogen-bond donors (Lipinski definition) is 1. The molecule has 2 atom stereocenters. The minimum atomic E-state index is -0.0952. The van der Waals surface area contributed by atoms with Crippen molar-refractivity contribution in [3.05, 3.63) is 34.3 Å². The number of hydrogen-bond acceptors (Lipinski definition) is 2. The molecule has 2 bridgehead atoms. The van der Waals surface area contributed by atoms with E-state index < -0.39 is 0 Å². The highest BCUT2D eigenvalue weighted by molar-refractivity contribution is 6.31. The predicted molar refractivity (Wildman–Crippen MR) is 83.3 cm³/mol. The Bertz CT molecular complexity index is 478. The summed E-state index contributed by atoms with van der Waals surface area (Å²) < 4.78 is 6.06. The Morgan fingerprint density at radius 1 is 1.45 bits per heavy atom. The van der Waals surface area contributed by atoms with Crippen LogP contribution in [-0.2, 0) is 16.8 Å². The monoisotopic (exact) mass is 293 g/mol. The van der Waals surface area contributed by atoms with E-state index in [1.165, 1.54) is 24.0 Å². The highest BCUT2D eigenvalue weighted by Crippen LogP contribution is 2.41. The number of halogens is 1. The molecule has 0 spiro atoms. The first-order valence-electron chi connectivity index (χ1n) is 7.75. The Morgan fingerprint density at radius 2 is 2.30 bits per heavy atom. The third kappa shape index (κ3) is 2.74. The Labute approximate surface area is 126 Å². The van der Waals surface area contributed by atoms with Gasteiger partial charge in [-0.25, -0.2) is 0 Å². The predicted octanol–water partition coefficient (Wildman–Crippen LogP) is 3.91. The molecule has 0 aromatic heterocycles. The molecule has 110 valence electrons. The third-order valence-electron chi connectivity index (χ3n) is 4.61. The fourth-order valence-corrected chi connectivity index (χ4v) is 3.61. The summed E-state index contributed by atoms with van der Waals surface area (Å²) in [4.78, 5) is 0. The van der Waals surface area contributed by atoms with Gasteiger partial charge in [0.05, 0.1) is 6.61 Å². The van der Waals surface area contributed by atoms with Gasteiger partial charge < -0.3 is 10.1 Å². The van der Waals surface area contributed by atoms with Crippen molar-refractivity contribution in [2.75, 3.05) is 13.2 Å². The summed E-state index contributed by atoms with van der Waals surface area (Å²) >= 11 is 6.36. The number of fused-ring (bicyclic) bond motifs is 2. The van der Waals surface area contributed by atoms with Crippen LogP contribution in [-0.4, -0.2) is 19.2 Å². The van der Waals surface area contributed by atoms with E-state index in [0.29, 0.717) is 6.04 Å². The first-order chi connectivity index (χ1) is 9.59. The van der Waals surface area contributed by atoms with Crippen molar-refractivity contribution in [2.24, 2.45) is 5.92 Å². The van der Waals surface area contributed by atoms with Crippen LogP contribution >= 0.6 is 11.6 Å². The first-order valence-corrected chi connectivity index (χ1v) is 8.13. The van der Waals surface area contributed by atoms with Crippen LogP contribution in [0.1, 0.15) is 44.2 Å². The molecule has 0 saturated carbocycles. The molecule has 2 nitrogen and oxygen atoms in total. The molecule has 0 radical (unpaired) electrons. The van der Waals surface area contributed by atoms with E-state index in [0.717, 1.165) is 36.9 Å². The van der Waals surface area contributed by atoms with E-state index in [1.54, 1.807) is 0 Å². The molecule has 0 amide bonds. The van der Waals surface area contributed by atoms with Crippen LogP contribution in [0.2, 0.25) is 5.02 Å². The normalized spacial score (nSPS) is 28.5. The minimum Gasteiger partial charge on any atom is -0.367 e. The largest absolute Gasteiger partial charge is 0.367 e. The zero-order chi connectivity index (χ0) is 14.2. The van der Waals surface area contributed by atoms with Gasteiger partial charge in [0.1, 0.15) is 5.60 Å².